The van der Waals surface area contributed by atoms with E-state index in [1.807, 2.05) is 63.2 Å². The first-order chi connectivity index (χ1) is 13.3. The van der Waals surface area contributed by atoms with E-state index < -0.39 is 23.8 Å². The number of aliphatic hydroxyl groups is 1. The first-order valence-corrected chi connectivity index (χ1v) is 9.81. The molecule has 5 nitrogen and oxygen atoms in total. The van der Waals surface area contributed by atoms with Crippen molar-refractivity contribution in [1.29, 1.82) is 0 Å². The maximum atomic E-state index is 12.3. The van der Waals surface area contributed by atoms with Gasteiger partial charge in [0.2, 0.25) is 0 Å². The van der Waals surface area contributed by atoms with Crippen LogP contribution in [0, 0.1) is 0 Å². The van der Waals surface area contributed by atoms with Gasteiger partial charge in [0.1, 0.15) is 5.60 Å². The molecule has 0 saturated heterocycles. The molecule has 150 valence electrons. The number of carbonyl (C=O) groups is 1. The summed E-state index contributed by atoms with van der Waals surface area (Å²) < 4.78 is 5.40. The van der Waals surface area contributed by atoms with E-state index in [0.29, 0.717) is 13.0 Å². The van der Waals surface area contributed by atoms with Crippen LogP contribution in [-0.2, 0) is 24.2 Å². The lowest BCUT2D eigenvalue weighted by Crippen LogP contribution is -2.50. The molecule has 0 aliphatic carbocycles. The molecule has 5 heteroatoms. The lowest BCUT2D eigenvalue weighted by Gasteiger charge is -2.29. The molecule has 2 aromatic rings. The highest BCUT2D eigenvalue weighted by Gasteiger charge is 2.28. The molecule has 0 unspecified atom stereocenters. The third-order valence-corrected chi connectivity index (χ3v) is 4.82. The van der Waals surface area contributed by atoms with Crippen molar-refractivity contribution in [3.8, 4) is 0 Å². The highest BCUT2D eigenvalue weighted by molar-refractivity contribution is 5.68. The first-order valence-electron chi connectivity index (χ1n) is 9.81. The highest BCUT2D eigenvalue weighted by Crippen LogP contribution is 2.23. The number of hydrogen-bond donors (Lipinski definition) is 2. The summed E-state index contributed by atoms with van der Waals surface area (Å²) >= 11 is 0. The number of rotatable bonds is 6. The van der Waals surface area contributed by atoms with Crippen molar-refractivity contribution in [3.05, 3.63) is 71.3 Å². The Morgan fingerprint density at radius 3 is 2.21 bits per heavy atom. The van der Waals surface area contributed by atoms with Gasteiger partial charge in [-0.1, -0.05) is 54.6 Å². The normalized spacial score (nSPS) is 16.3. The highest BCUT2D eigenvalue weighted by atomic mass is 16.6. The minimum Gasteiger partial charge on any atom is -0.444 e. The number of nitrogens with one attached hydrogen (secondary N) is 1. The zero-order valence-electron chi connectivity index (χ0n) is 16.9. The Balaban J connectivity index is 1.66. The second-order valence-electron chi connectivity index (χ2n) is 8.45. The molecule has 1 aliphatic heterocycles. The van der Waals surface area contributed by atoms with Crippen molar-refractivity contribution >= 4 is 6.09 Å². The van der Waals surface area contributed by atoms with Gasteiger partial charge in [-0.05, 0) is 43.9 Å². The van der Waals surface area contributed by atoms with E-state index in [2.05, 4.69) is 22.3 Å². The maximum absolute atomic E-state index is 12.3. The second kappa shape index (κ2) is 8.76. The molecular formula is C23H30N2O3. The summed E-state index contributed by atoms with van der Waals surface area (Å²) in [6.45, 7) is 7.61. The SMILES string of the molecule is CC(C)(C)OC(=O)N[C@H](Cc1ccccc1)[C@@H](O)CN1Cc2ccccc2C1. The summed E-state index contributed by atoms with van der Waals surface area (Å²) in [5.74, 6) is 0. The molecule has 28 heavy (non-hydrogen) atoms. The molecule has 0 radical (unpaired) electrons. The standard InChI is InChI=1S/C23H30N2O3/c1-23(2,3)28-22(27)24-20(13-17-9-5-4-6-10-17)21(26)16-25-14-18-11-7-8-12-19(18)15-25/h4-12,20-21,26H,13-16H2,1-3H3,(H,24,27)/t20-,21+/m1/s1. The second-order valence-corrected chi connectivity index (χ2v) is 8.45. The van der Waals surface area contributed by atoms with E-state index >= 15 is 0 Å². The van der Waals surface area contributed by atoms with Gasteiger partial charge in [0, 0.05) is 19.6 Å². The van der Waals surface area contributed by atoms with Crippen LogP contribution in [0.2, 0.25) is 0 Å². The number of β-amino-alcohol motifs (C(OH)–C–C–N with tert-alkyl or cyclic N) is 1. The summed E-state index contributed by atoms with van der Waals surface area (Å²) in [4.78, 5) is 14.5. The van der Waals surface area contributed by atoms with Gasteiger partial charge in [-0.3, -0.25) is 4.90 Å². The Morgan fingerprint density at radius 2 is 1.64 bits per heavy atom. The average Bonchev–Trinajstić information content (AvgIpc) is 3.02. The van der Waals surface area contributed by atoms with Crippen LogP contribution in [0.1, 0.15) is 37.5 Å². The fraction of sp³-hybridized carbons (Fsp3) is 0.435. The predicted molar refractivity (Wildman–Crippen MR) is 110 cm³/mol. The molecule has 0 spiro atoms. The van der Waals surface area contributed by atoms with Gasteiger partial charge in [0.25, 0.3) is 0 Å². The number of ether oxygens (including phenoxy) is 1. The largest absolute Gasteiger partial charge is 0.444 e. The van der Waals surface area contributed by atoms with Crippen LogP contribution in [0.4, 0.5) is 4.79 Å². The Hall–Kier alpha value is -2.37. The molecule has 3 rings (SSSR count). The van der Waals surface area contributed by atoms with Crippen LogP contribution in [0.5, 0.6) is 0 Å². The van der Waals surface area contributed by atoms with Crippen molar-refractivity contribution in [2.24, 2.45) is 0 Å². The smallest absolute Gasteiger partial charge is 0.407 e. The number of amides is 1. The van der Waals surface area contributed by atoms with Crippen molar-refractivity contribution in [3.63, 3.8) is 0 Å². The fourth-order valence-electron chi connectivity index (χ4n) is 3.53. The predicted octanol–water partition coefficient (Wildman–Crippen LogP) is 3.50. The lowest BCUT2D eigenvalue weighted by molar-refractivity contribution is 0.0361. The third-order valence-electron chi connectivity index (χ3n) is 4.82. The van der Waals surface area contributed by atoms with Crippen molar-refractivity contribution < 1.29 is 14.6 Å². The van der Waals surface area contributed by atoms with Gasteiger partial charge in [-0.2, -0.15) is 0 Å². The topological polar surface area (TPSA) is 61.8 Å². The lowest BCUT2D eigenvalue weighted by atomic mass is 10.0. The summed E-state index contributed by atoms with van der Waals surface area (Å²) in [5, 5.41) is 13.8. The van der Waals surface area contributed by atoms with Gasteiger partial charge in [-0.15, -0.1) is 0 Å². The van der Waals surface area contributed by atoms with E-state index in [1.54, 1.807) is 0 Å². The molecule has 1 amide bonds. The maximum Gasteiger partial charge on any atom is 0.407 e. The van der Waals surface area contributed by atoms with Crippen LogP contribution in [0.15, 0.2) is 54.6 Å². The summed E-state index contributed by atoms with van der Waals surface area (Å²) in [6, 6.07) is 17.8. The molecule has 0 saturated carbocycles. The van der Waals surface area contributed by atoms with E-state index in [9.17, 15) is 9.90 Å². The quantitative estimate of drug-likeness (QED) is 0.803. The van der Waals surface area contributed by atoms with Gasteiger partial charge < -0.3 is 15.2 Å². The average molecular weight is 383 g/mol. The number of benzene rings is 2. The summed E-state index contributed by atoms with van der Waals surface area (Å²) in [6.07, 6.45) is -0.665. The van der Waals surface area contributed by atoms with Gasteiger partial charge in [-0.25, -0.2) is 4.79 Å². The molecule has 1 heterocycles. The van der Waals surface area contributed by atoms with Crippen molar-refractivity contribution in [1.82, 2.24) is 10.2 Å². The number of carbonyl (C=O) groups excluding carboxylic acids is 1. The van der Waals surface area contributed by atoms with Crippen molar-refractivity contribution in [2.75, 3.05) is 6.54 Å². The zero-order chi connectivity index (χ0) is 20.1. The minimum absolute atomic E-state index is 0.430. The number of fused-ring (bicyclic) bond motifs is 1. The van der Waals surface area contributed by atoms with E-state index in [4.69, 9.17) is 4.74 Å². The Bertz CT molecular complexity index is 761. The van der Waals surface area contributed by atoms with E-state index in [-0.39, 0.29) is 0 Å². The monoisotopic (exact) mass is 382 g/mol. The van der Waals surface area contributed by atoms with Crippen LogP contribution >= 0.6 is 0 Å². The zero-order valence-corrected chi connectivity index (χ0v) is 16.9. The molecule has 1 aliphatic rings. The Kier molecular flexibility index (Phi) is 6.37. The van der Waals surface area contributed by atoms with Crippen LogP contribution < -0.4 is 5.32 Å². The van der Waals surface area contributed by atoms with Gasteiger partial charge in [0.05, 0.1) is 12.1 Å². The third kappa shape index (κ3) is 5.81. The number of nitrogens with zero attached hydrogens (tertiary/aromatic N) is 1. The summed E-state index contributed by atoms with van der Waals surface area (Å²) in [5.41, 5.74) is 3.08. The Labute approximate surface area is 167 Å². The van der Waals surface area contributed by atoms with Crippen LogP contribution in [0.3, 0.4) is 0 Å². The number of hydrogen-bond acceptors (Lipinski definition) is 4. The molecule has 0 bridgehead atoms. The van der Waals surface area contributed by atoms with E-state index in [0.717, 1.165) is 18.7 Å². The van der Waals surface area contributed by atoms with Crippen LogP contribution in [0.25, 0.3) is 0 Å². The number of alkyl carbamates (subject to hydrolysis) is 1. The van der Waals surface area contributed by atoms with Gasteiger partial charge in [0.15, 0.2) is 0 Å². The molecule has 2 N–H and O–H groups in total. The Morgan fingerprint density at radius 1 is 1.07 bits per heavy atom. The number of aliphatic hydroxyl groups excluding tert-OH is 1. The molecular weight excluding hydrogens is 352 g/mol. The van der Waals surface area contributed by atoms with Crippen molar-refractivity contribution in [2.45, 2.75) is 58.0 Å². The van der Waals surface area contributed by atoms with Crippen LogP contribution in [-0.4, -0.2) is 40.4 Å². The molecule has 0 aromatic heterocycles. The first kappa shape index (κ1) is 20.4. The minimum atomic E-state index is -0.706. The van der Waals surface area contributed by atoms with E-state index in [1.165, 1.54) is 11.1 Å². The molecule has 0 fully saturated rings. The molecule has 2 atom stereocenters. The fourth-order valence-corrected chi connectivity index (χ4v) is 3.53. The van der Waals surface area contributed by atoms with Gasteiger partial charge >= 0.3 is 6.09 Å². The summed E-state index contributed by atoms with van der Waals surface area (Å²) in [7, 11) is 0. The molecule has 2 aromatic carbocycles.